The normalized spacial score (nSPS) is 22.1. The molecule has 4 rings (SSSR count). The van der Waals surface area contributed by atoms with E-state index < -0.39 is 0 Å². The number of allylic oxidation sites excluding steroid dienone is 1. The Morgan fingerprint density at radius 2 is 1.56 bits per heavy atom. The summed E-state index contributed by atoms with van der Waals surface area (Å²) in [5, 5.41) is 0. The predicted molar refractivity (Wildman–Crippen MR) is 109 cm³/mol. The molecule has 0 bridgehead atoms. The first-order chi connectivity index (χ1) is 12.7. The monoisotopic (exact) mass is 364 g/mol. The van der Waals surface area contributed by atoms with E-state index in [2.05, 4.69) is 52.0 Å². The molecule has 140 valence electrons. The Morgan fingerprint density at radius 3 is 2.22 bits per heavy atom. The van der Waals surface area contributed by atoms with Gasteiger partial charge in [-0.25, -0.2) is 4.39 Å². The van der Waals surface area contributed by atoms with Crippen LogP contribution in [0.4, 0.5) is 4.39 Å². The van der Waals surface area contributed by atoms with Crippen molar-refractivity contribution in [2.75, 3.05) is 0 Å². The van der Waals surface area contributed by atoms with Crippen molar-refractivity contribution in [3.63, 3.8) is 0 Å². The Labute approximate surface area is 161 Å². The summed E-state index contributed by atoms with van der Waals surface area (Å²) in [7, 11) is -0.309. The fraction of sp³-hybridized carbons (Fsp3) is 0.391. The molecule has 0 atom stereocenters. The van der Waals surface area contributed by atoms with E-state index in [-0.39, 0.29) is 24.1 Å². The zero-order valence-electron chi connectivity index (χ0n) is 16.5. The summed E-state index contributed by atoms with van der Waals surface area (Å²) in [6, 6.07) is 13.3. The van der Waals surface area contributed by atoms with Crippen LogP contribution in [0.1, 0.15) is 50.8 Å². The maximum Gasteiger partial charge on any atom is 0.494 e. The van der Waals surface area contributed by atoms with Crippen molar-refractivity contribution in [3.8, 4) is 0 Å². The van der Waals surface area contributed by atoms with E-state index in [0.29, 0.717) is 0 Å². The Kier molecular flexibility index (Phi) is 4.52. The first-order valence-electron chi connectivity index (χ1n) is 9.66. The average molecular weight is 364 g/mol. The van der Waals surface area contributed by atoms with Gasteiger partial charge in [0.2, 0.25) is 0 Å². The third-order valence-electron chi connectivity index (χ3n) is 6.13. The predicted octanol–water partition coefficient (Wildman–Crippen LogP) is 4.70. The van der Waals surface area contributed by atoms with Gasteiger partial charge in [-0.1, -0.05) is 42.0 Å². The van der Waals surface area contributed by atoms with Crippen molar-refractivity contribution >= 4 is 18.7 Å². The minimum absolute atomic E-state index is 0.193. The smallest absolute Gasteiger partial charge is 0.399 e. The van der Waals surface area contributed by atoms with Gasteiger partial charge in [0.1, 0.15) is 5.82 Å². The molecule has 1 heterocycles. The molecular formula is C23H26BFO2. The SMILES string of the molecule is CC1(C)OB(c2ccc3c(c2)CC/C(=C/c2ccc(F)cc2)C3)OC1(C)C. The Morgan fingerprint density at radius 1 is 0.889 bits per heavy atom. The van der Waals surface area contributed by atoms with Gasteiger partial charge in [-0.3, -0.25) is 0 Å². The molecule has 0 unspecified atom stereocenters. The van der Waals surface area contributed by atoms with Crippen LogP contribution in [0.2, 0.25) is 0 Å². The molecule has 2 aromatic carbocycles. The van der Waals surface area contributed by atoms with Gasteiger partial charge < -0.3 is 9.31 Å². The van der Waals surface area contributed by atoms with Gasteiger partial charge in [0, 0.05) is 0 Å². The highest BCUT2D eigenvalue weighted by Gasteiger charge is 2.51. The maximum atomic E-state index is 13.1. The summed E-state index contributed by atoms with van der Waals surface area (Å²) in [5.74, 6) is -0.193. The standard InChI is InChI=1S/C23H26BFO2/c1-22(2)23(3,4)27-24(26-22)20-10-9-18-14-17(5-8-19(18)15-20)13-16-6-11-21(25)12-7-16/h6-7,9-13,15H,5,8,14H2,1-4H3/b17-13-. The molecule has 0 aromatic heterocycles. The molecule has 1 aliphatic carbocycles. The molecule has 0 amide bonds. The largest absolute Gasteiger partial charge is 0.494 e. The molecule has 2 aliphatic rings. The Balaban J connectivity index is 1.53. The molecule has 0 saturated carbocycles. The van der Waals surface area contributed by atoms with E-state index >= 15 is 0 Å². The summed E-state index contributed by atoms with van der Waals surface area (Å²) < 4.78 is 25.5. The minimum atomic E-state index is -0.321. The lowest BCUT2D eigenvalue weighted by atomic mass is 9.75. The van der Waals surface area contributed by atoms with Crippen LogP contribution in [0.25, 0.3) is 6.08 Å². The van der Waals surface area contributed by atoms with E-state index in [0.717, 1.165) is 30.3 Å². The van der Waals surface area contributed by atoms with E-state index in [1.54, 1.807) is 0 Å². The van der Waals surface area contributed by atoms with E-state index in [4.69, 9.17) is 9.31 Å². The second-order valence-corrected chi connectivity index (χ2v) is 8.65. The molecule has 0 N–H and O–H groups in total. The van der Waals surface area contributed by atoms with E-state index in [9.17, 15) is 4.39 Å². The van der Waals surface area contributed by atoms with E-state index in [1.165, 1.54) is 28.8 Å². The Bertz CT molecular complexity index is 868. The fourth-order valence-corrected chi connectivity index (χ4v) is 3.72. The molecular weight excluding hydrogens is 338 g/mol. The number of benzene rings is 2. The maximum absolute atomic E-state index is 13.1. The van der Waals surface area contributed by atoms with Crippen LogP contribution in [0, 0.1) is 5.82 Å². The number of aryl methyl sites for hydroxylation is 1. The van der Waals surface area contributed by atoms with Gasteiger partial charge in [-0.05, 0) is 81.2 Å². The summed E-state index contributed by atoms with van der Waals surface area (Å²) >= 11 is 0. The van der Waals surface area contributed by atoms with Crippen LogP contribution in [0.5, 0.6) is 0 Å². The number of hydrogen-bond acceptors (Lipinski definition) is 2. The van der Waals surface area contributed by atoms with Crippen molar-refractivity contribution in [2.45, 2.75) is 58.2 Å². The number of fused-ring (bicyclic) bond motifs is 1. The van der Waals surface area contributed by atoms with E-state index in [1.807, 2.05) is 12.1 Å². The molecule has 1 aliphatic heterocycles. The van der Waals surface area contributed by atoms with Crippen molar-refractivity contribution in [1.82, 2.24) is 0 Å². The average Bonchev–Trinajstić information content (AvgIpc) is 2.84. The molecule has 1 saturated heterocycles. The molecule has 0 radical (unpaired) electrons. The highest BCUT2D eigenvalue weighted by Crippen LogP contribution is 2.37. The van der Waals surface area contributed by atoms with Crippen LogP contribution in [-0.2, 0) is 22.2 Å². The van der Waals surface area contributed by atoms with Crippen LogP contribution < -0.4 is 5.46 Å². The first kappa shape index (κ1) is 18.5. The Hall–Kier alpha value is -1.91. The number of rotatable bonds is 2. The van der Waals surface area contributed by atoms with Crippen LogP contribution in [0.15, 0.2) is 48.0 Å². The second-order valence-electron chi connectivity index (χ2n) is 8.65. The summed E-state index contributed by atoms with van der Waals surface area (Å²) in [6.07, 6.45) is 5.16. The highest BCUT2D eigenvalue weighted by atomic mass is 19.1. The second kappa shape index (κ2) is 6.61. The molecule has 27 heavy (non-hydrogen) atoms. The molecule has 4 heteroatoms. The summed E-state index contributed by atoms with van der Waals surface area (Å²) in [6.45, 7) is 8.33. The lowest BCUT2D eigenvalue weighted by Crippen LogP contribution is -2.41. The third kappa shape index (κ3) is 3.61. The van der Waals surface area contributed by atoms with Crippen molar-refractivity contribution in [1.29, 1.82) is 0 Å². The van der Waals surface area contributed by atoms with Gasteiger partial charge in [-0.15, -0.1) is 0 Å². The summed E-state index contributed by atoms with van der Waals surface area (Å²) in [5.41, 5.74) is 5.63. The van der Waals surface area contributed by atoms with Crippen LogP contribution in [0.3, 0.4) is 0 Å². The zero-order valence-corrected chi connectivity index (χ0v) is 16.5. The lowest BCUT2D eigenvalue weighted by Gasteiger charge is -2.32. The van der Waals surface area contributed by atoms with Gasteiger partial charge in [0.05, 0.1) is 11.2 Å². The van der Waals surface area contributed by atoms with Crippen molar-refractivity contribution < 1.29 is 13.7 Å². The number of hydrogen-bond donors (Lipinski definition) is 0. The van der Waals surface area contributed by atoms with Crippen LogP contribution >= 0.6 is 0 Å². The van der Waals surface area contributed by atoms with Crippen molar-refractivity contribution in [3.05, 3.63) is 70.5 Å². The quantitative estimate of drug-likeness (QED) is 0.720. The first-order valence-corrected chi connectivity index (χ1v) is 9.66. The van der Waals surface area contributed by atoms with Crippen LogP contribution in [-0.4, -0.2) is 18.3 Å². The molecule has 1 fully saturated rings. The molecule has 2 nitrogen and oxygen atoms in total. The number of halogens is 1. The van der Waals surface area contributed by atoms with Crippen molar-refractivity contribution in [2.24, 2.45) is 0 Å². The molecule has 2 aromatic rings. The highest BCUT2D eigenvalue weighted by molar-refractivity contribution is 6.62. The van der Waals surface area contributed by atoms with Gasteiger partial charge in [0.15, 0.2) is 0 Å². The minimum Gasteiger partial charge on any atom is -0.399 e. The molecule has 0 spiro atoms. The fourth-order valence-electron chi connectivity index (χ4n) is 3.72. The van der Waals surface area contributed by atoms with Gasteiger partial charge >= 0.3 is 7.12 Å². The zero-order chi connectivity index (χ0) is 19.2. The van der Waals surface area contributed by atoms with Gasteiger partial charge in [0.25, 0.3) is 0 Å². The summed E-state index contributed by atoms with van der Waals surface area (Å²) in [4.78, 5) is 0. The topological polar surface area (TPSA) is 18.5 Å². The van der Waals surface area contributed by atoms with Gasteiger partial charge in [-0.2, -0.15) is 0 Å². The third-order valence-corrected chi connectivity index (χ3v) is 6.13. The lowest BCUT2D eigenvalue weighted by molar-refractivity contribution is 0.00578.